The van der Waals surface area contributed by atoms with Gasteiger partial charge >= 0.3 is 24.4 Å². The van der Waals surface area contributed by atoms with E-state index < -0.39 is 144 Å². The van der Waals surface area contributed by atoms with E-state index in [1.807, 2.05) is 0 Å². The van der Waals surface area contributed by atoms with Crippen LogP contribution < -0.4 is 32.3 Å². The highest BCUT2D eigenvalue weighted by atomic mass is 16.7. The summed E-state index contributed by atoms with van der Waals surface area (Å²) in [4.78, 5) is 80.5. The second kappa shape index (κ2) is 23.7. The summed E-state index contributed by atoms with van der Waals surface area (Å²) in [6, 6.07) is -6.09. The van der Waals surface area contributed by atoms with Gasteiger partial charge in [0.25, 0.3) is 0 Å². The number of carbonyl (C=O) groups excluding carboxylic acids is 6. The van der Waals surface area contributed by atoms with Crippen molar-refractivity contribution in [1.29, 1.82) is 0 Å². The predicted molar refractivity (Wildman–Crippen MR) is 250 cm³/mol. The van der Waals surface area contributed by atoms with Gasteiger partial charge in [0.1, 0.15) is 64.2 Å². The maximum absolute atomic E-state index is 13.9. The predicted octanol–water partition coefficient (Wildman–Crippen LogP) is 1.14. The molecular weight excluding hydrogens is 923 g/mol. The van der Waals surface area contributed by atoms with Crippen molar-refractivity contribution in [2.45, 2.75) is 211 Å². The van der Waals surface area contributed by atoms with Gasteiger partial charge in [0.2, 0.25) is 11.8 Å². The molecule has 1 aliphatic carbocycles. The molecule has 6 amide bonds. The molecule has 2 aliphatic heterocycles. The highest BCUT2D eigenvalue weighted by Crippen LogP contribution is 2.39. The van der Waals surface area contributed by atoms with Crippen molar-refractivity contribution in [2.24, 2.45) is 11.7 Å². The molecule has 13 atom stereocenters. The Morgan fingerprint density at radius 1 is 0.800 bits per heavy atom. The van der Waals surface area contributed by atoms with Gasteiger partial charge in [-0.25, -0.2) is 19.2 Å². The lowest BCUT2D eigenvalue weighted by Gasteiger charge is -2.52. The minimum atomic E-state index is -1.88. The minimum Gasteiger partial charge on any atom is -0.491 e. The summed E-state index contributed by atoms with van der Waals surface area (Å²) in [5.41, 5.74) is 0.530. The molecule has 24 nitrogen and oxygen atoms in total. The first-order valence-corrected chi connectivity index (χ1v) is 23.5. The van der Waals surface area contributed by atoms with Crippen LogP contribution in [0, 0.1) is 5.92 Å². The molecule has 0 bridgehead atoms. The molecular formula is C46H81N7O17. The van der Waals surface area contributed by atoms with E-state index in [0.717, 1.165) is 4.90 Å². The zero-order chi connectivity index (χ0) is 53.5. The number of likely N-dealkylation sites (N-methyl/N-ethyl adjacent to an activating group) is 1. The fourth-order valence-electron chi connectivity index (χ4n) is 8.14. The average Bonchev–Trinajstić information content (AvgIpc) is 3.17. The molecule has 2 fully saturated rings. The average molecular weight is 1000 g/mol. The first kappa shape index (κ1) is 59.6. The van der Waals surface area contributed by atoms with E-state index in [1.54, 1.807) is 89.2 Å². The van der Waals surface area contributed by atoms with Crippen LogP contribution in [0.1, 0.15) is 116 Å². The Bertz CT molecular complexity index is 1860. The fourth-order valence-corrected chi connectivity index (χ4v) is 8.14. The van der Waals surface area contributed by atoms with Crippen LogP contribution in [0.5, 0.6) is 0 Å². The van der Waals surface area contributed by atoms with Gasteiger partial charge in [-0.3, -0.25) is 9.59 Å². The lowest BCUT2D eigenvalue weighted by atomic mass is 9.72. The summed E-state index contributed by atoms with van der Waals surface area (Å²) >= 11 is 0. The van der Waals surface area contributed by atoms with Crippen LogP contribution in [0.4, 0.5) is 19.2 Å². The molecule has 11 N–H and O–H groups in total. The molecule has 1 saturated heterocycles. The van der Waals surface area contributed by atoms with Gasteiger partial charge in [-0.05, 0) is 122 Å². The third-order valence-electron chi connectivity index (χ3n) is 11.0. The number of nitrogens with zero attached hydrogens (tertiary/aromatic N) is 1. The molecule has 2 unspecified atom stereocenters. The van der Waals surface area contributed by atoms with Crippen LogP contribution in [0.15, 0.2) is 11.8 Å². The number of nitrogens with two attached hydrogens (primary N) is 1. The molecule has 0 spiro atoms. The standard InChI is InChI=1S/C46H81N7O17/c1-23(49-39(60)68-43(5,6)7)35(57)50-25-17-16-24(21-47)65-32(25)29-26(52-40(61)69-44(8,9)10)20-27(51-36(58)28(54)18-19-48-38(59)67-42(2,3)4)33(30(29)55)66-37-31(56)34(46(14,63)22-64-37)53(15)41(62)70-45(11,12)13/h16,23,25-34,37,54-56,63H,17-22,47H2,1-15H3,(H,48,59)(H,49,60)(H,50,57)(H,51,58)(H,52,61)/t23?,25-,26+,27-,28+,29-,30+,31-,32?,33+,34-,37-,46+/m1/s1. The highest BCUT2D eigenvalue weighted by Gasteiger charge is 2.56. The number of amides is 6. The normalized spacial score (nSPS) is 29.3. The fraction of sp³-hybridized carbons (Fsp3) is 0.826. The van der Waals surface area contributed by atoms with Gasteiger partial charge in [0.15, 0.2) is 6.29 Å². The molecule has 0 radical (unpaired) electrons. The first-order valence-electron chi connectivity index (χ1n) is 23.5. The zero-order valence-corrected chi connectivity index (χ0v) is 43.4. The summed E-state index contributed by atoms with van der Waals surface area (Å²) in [6.45, 7) is 21.7. The van der Waals surface area contributed by atoms with Crippen molar-refractivity contribution in [3.05, 3.63) is 11.8 Å². The van der Waals surface area contributed by atoms with Gasteiger partial charge in [-0.15, -0.1) is 0 Å². The van der Waals surface area contributed by atoms with Gasteiger partial charge in [-0.2, -0.15) is 0 Å². The molecule has 402 valence electrons. The Labute approximate surface area is 410 Å². The molecule has 1 saturated carbocycles. The number of ether oxygens (including phenoxy) is 7. The van der Waals surface area contributed by atoms with E-state index in [0.29, 0.717) is 0 Å². The van der Waals surface area contributed by atoms with Crippen LogP contribution in [-0.4, -0.2) is 183 Å². The summed E-state index contributed by atoms with van der Waals surface area (Å²) < 4.78 is 40.4. The van der Waals surface area contributed by atoms with Crippen LogP contribution >= 0.6 is 0 Å². The number of rotatable bonds is 14. The maximum atomic E-state index is 13.9. The van der Waals surface area contributed by atoms with Crippen molar-refractivity contribution >= 4 is 36.2 Å². The number of aliphatic hydroxyl groups is 4. The van der Waals surface area contributed by atoms with Gasteiger partial charge in [0, 0.05) is 25.6 Å². The Hall–Kier alpha value is -4.72. The minimum absolute atomic E-state index is 0.0812. The topological polar surface area (TPSA) is 337 Å². The van der Waals surface area contributed by atoms with Crippen molar-refractivity contribution in [2.75, 3.05) is 26.7 Å². The van der Waals surface area contributed by atoms with Gasteiger partial charge in [0.05, 0.1) is 37.4 Å². The molecule has 3 rings (SSSR count). The number of carbonyl (C=O) groups is 6. The number of alkyl carbamates (subject to hydrolysis) is 3. The molecule has 0 aromatic carbocycles. The SMILES string of the molecule is CC(NC(=O)OC(C)(C)C)C(=O)N[C@@H]1CC=C(CN)OC1[C@H]1[C@H](O)[C@@H](O[C@H]2OC[C@](C)(O)[C@H](N(C)C(=O)OC(C)(C)C)[C@H]2O)[C@H](NC(=O)[C@@H](O)CCNC(=O)OC(C)(C)C)C[C@@H]1NC(=O)OC(C)(C)C. The quantitative estimate of drug-likeness (QED) is 0.109. The van der Waals surface area contributed by atoms with E-state index >= 15 is 0 Å². The van der Waals surface area contributed by atoms with Crippen molar-refractivity contribution in [3.8, 4) is 0 Å². The number of aliphatic hydroxyl groups excluding tert-OH is 3. The monoisotopic (exact) mass is 1000 g/mol. The Morgan fingerprint density at radius 3 is 1.90 bits per heavy atom. The molecule has 70 heavy (non-hydrogen) atoms. The highest BCUT2D eigenvalue weighted by molar-refractivity contribution is 5.85. The third kappa shape index (κ3) is 18.2. The number of hydrogen-bond acceptors (Lipinski definition) is 18. The van der Waals surface area contributed by atoms with E-state index in [-0.39, 0.29) is 38.1 Å². The van der Waals surface area contributed by atoms with E-state index in [9.17, 15) is 49.2 Å². The van der Waals surface area contributed by atoms with Crippen LogP contribution in [0.2, 0.25) is 0 Å². The van der Waals surface area contributed by atoms with Crippen molar-refractivity contribution in [3.63, 3.8) is 0 Å². The lowest BCUT2D eigenvalue weighted by molar-refractivity contribution is -0.305. The number of nitrogens with one attached hydrogen (secondary N) is 5. The summed E-state index contributed by atoms with van der Waals surface area (Å²) in [5.74, 6) is -2.68. The second-order valence-corrected chi connectivity index (χ2v) is 22.2. The van der Waals surface area contributed by atoms with E-state index in [2.05, 4.69) is 26.6 Å². The Kier molecular flexibility index (Phi) is 20.1. The third-order valence-corrected chi connectivity index (χ3v) is 11.0. The zero-order valence-electron chi connectivity index (χ0n) is 43.4. The van der Waals surface area contributed by atoms with Crippen LogP contribution in [0.3, 0.4) is 0 Å². The number of hydrogen-bond donors (Lipinski definition) is 10. The summed E-state index contributed by atoms with van der Waals surface area (Å²) in [6.07, 6.45) is -12.3. The second-order valence-electron chi connectivity index (χ2n) is 22.2. The van der Waals surface area contributed by atoms with Gasteiger partial charge < -0.3 is 90.8 Å². The first-order chi connectivity index (χ1) is 31.9. The van der Waals surface area contributed by atoms with E-state index in [1.165, 1.54) is 20.9 Å². The van der Waals surface area contributed by atoms with E-state index in [4.69, 9.17) is 38.9 Å². The Morgan fingerprint density at radius 2 is 1.34 bits per heavy atom. The van der Waals surface area contributed by atoms with Crippen molar-refractivity contribution in [1.82, 2.24) is 31.5 Å². The molecule has 0 aromatic rings. The van der Waals surface area contributed by atoms with Gasteiger partial charge in [-0.1, -0.05) is 0 Å². The molecule has 24 heteroatoms. The maximum Gasteiger partial charge on any atom is 0.410 e. The smallest absolute Gasteiger partial charge is 0.410 e. The van der Waals surface area contributed by atoms with Crippen LogP contribution in [-0.2, 0) is 42.7 Å². The Balaban J connectivity index is 2.13. The lowest BCUT2D eigenvalue weighted by Crippen LogP contribution is -2.71. The summed E-state index contributed by atoms with van der Waals surface area (Å²) in [5, 5.41) is 60.6. The molecule has 3 aliphatic rings. The van der Waals surface area contributed by atoms with Crippen LogP contribution in [0.25, 0.3) is 0 Å². The largest absolute Gasteiger partial charge is 0.491 e. The van der Waals surface area contributed by atoms with Crippen molar-refractivity contribution < 1.29 is 82.4 Å². The molecule has 0 aromatic heterocycles. The molecule has 2 heterocycles. The summed E-state index contributed by atoms with van der Waals surface area (Å²) in [7, 11) is 1.31.